The van der Waals surface area contributed by atoms with Gasteiger partial charge in [0.2, 0.25) is 11.8 Å². The highest BCUT2D eigenvalue weighted by atomic mass is 16.5. The third-order valence-corrected chi connectivity index (χ3v) is 5.63. The lowest BCUT2D eigenvalue weighted by molar-refractivity contribution is 0.154. The summed E-state index contributed by atoms with van der Waals surface area (Å²) in [6.07, 6.45) is 6.77. The molecule has 3 rings (SSSR count). The van der Waals surface area contributed by atoms with Gasteiger partial charge in [-0.3, -0.25) is 0 Å². The molecule has 0 aliphatic heterocycles. The normalized spacial score (nSPS) is 33.1. The van der Waals surface area contributed by atoms with E-state index in [-0.39, 0.29) is 0 Å². The van der Waals surface area contributed by atoms with Crippen LogP contribution in [0.2, 0.25) is 0 Å². The molecule has 116 valence electrons. The summed E-state index contributed by atoms with van der Waals surface area (Å²) in [6.45, 7) is 9.98. The maximum atomic E-state index is 5.61. The van der Waals surface area contributed by atoms with Crippen LogP contribution in [-0.4, -0.2) is 22.6 Å². The third kappa shape index (κ3) is 2.49. The Kier molecular flexibility index (Phi) is 3.58. The Labute approximate surface area is 127 Å². The molecule has 0 amide bonds. The molecule has 21 heavy (non-hydrogen) atoms. The van der Waals surface area contributed by atoms with Gasteiger partial charge in [0.05, 0.1) is 6.61 Å². The molecule has 2 aliphatic carbocycles. The SMILES string of the molecule is CCCOc1ccnc(NC2C3(C)CCC(C3)C2(C)C)n1. The van der Waals surface area contributed by atoms with Gasteiger partial charge in [0.15, 0.2) is 0 Å². The van der Waals surface area contributed by atoms with Gasteiger partial charge in [-0.05, 0) is 42.4 Å². The van der Waals surface area contributed by atoms with Gasteiger partial charge >= 0.3 is 0 Å². The van der Waals surface area contributed by atoms with Crippen molar-refractivity contribution in [2.24, 2.45) is 16.7 Å². The zero-order valence-corrected chi connectivity index (χ0v) is 13.6. The topological polar surface area (TPSA) is 47.0 Å². The largest absolute Gasteiger partial charge is 0.478 e. The van der Waals surface area contributed by atoms with Crippen molar-refractivity contribution in [3.05, 3.63) is 12.3 Å². The van der Waals surface area contributed by atoms with Crippen molar-refractivity contribution >= 4 is 5.95 Å². The number of nitrogens with zero attached hydrogens (tertiary/aromatic N) is 2. The van der Waals surface area contributed by atoms with Crippen LogP contribution in [0.3, 0.4) is 0 Å². The fourth-order valence-electron chi connectivity index (χ4n) is 4.49. The van der Waals surface area contributed by atoms with Gasteiger partial charge in [-0.25, -0.2) is 4.98 Å². The molecule has 4 nitrogen and oxygen atoms in total. The first-order valence-corrected chi connectivity index (χ1v) is 8.18. The zero-order chi connectivity index (χ0) is 15.1. The molecular weight excluding hydrogens is 262 g/mol. The van der Waals surface area contributed by atoms with E-state index in [1.54, 1.807) is 6.20 Å². The van der Waals surface area contributed by atoms with E-state index in [0.29, 0.717) is 35.3 Å². The molecule has 1 aromatic heterocycles. The molecule has 2 bridgehead atoms. The highest BCUT2D eigenvalue weighted by Crippen LogP contribution is 2.62. The summed E-state index contributed by atoms with van der Waals surface area (Å²) >= 11 is 0. The predicted molar refractivity (Wildman–Crippen MR) is 84.5 cm³/mol. The smallest absolute Gasteiger partial charge is 0.226 e. The second kappa shape index (κ2) is 5.15. The second-order valence-electron chi connectivity index (χ2n) is 7.56. The molecule has 1 aromatic rings. The Hall–Kier alpha value is -1.32. The molecule has 0 saturated heterocycles. The van der Waals surface area contributed by atoms with Crippen molar-refractivity contribution in [1.29, 1.82) is 0 Å². The molecule has 2 fully saturated rings. The summed E-state index contributed by atoms with van der Waals surface area (Å²) in [5.74, 6) is 2.19. The van der Waals surface area contributed by atoms with Crippen LogP contribution < -0.4 is 10.1 Å². The number of hydrogen-bond donors (Lipinski definition) is 1. The Morgan fingerprint density at radius 1 is 1.38 bits per heavy atom. The van der Waals surface area contributed by atoms with E-state index in [0.717, 1.165) is 12.3 Å². The molecule has 2 aliphatic rings. The van der Waals surface area contributed by atoms with E-state index in [1.807, 2.05) is 6.07 Å². The van der Waals surface area contributed by atoms with Gasteiger partial charge in [-0.2, -0.15) is 4.98 Å². The first kappa shape index (κ1) is 14.6. The van der Waals surface area contributed by atoms with Gasteiger partial charge in [-0.1, -0.05) is 27.7 Å². The van der Waals surface area contributed by atoms with Crippen LogP contribution in [0, 0.1) is 16.7 Å². The van der Waals surface area contributed by atoms with E-state index >= 15 is 0 Å². The standard InChI is InChI=1S/C17H27N3O/c1-5-10-21-13-7-9-18-15(19-13)20-14-16(2,3)12-6-8-17(14,4)11-12/h7,9,12,14H,5-6,8,10-11H2,1-4H3,(H,18,19,20). The summed E-state index contributed by atoms with van der Waals surface area (Å²) in [4.78, 5) is 8.90. The van der Waals surface area contributed by atoms with E-state index in [1.165, 1.54) is 19.3 Å². The van der Waals surface area contributed by atoms with Crippen molar-refractivity contribution in [2.45, 2.75) is 59.4 Å². The summed E-state index contributed by atoms with van der Waals surface area (Å²) < 4.78 is 5.61. The lowest BCUT2D eigenvalue weighted by atomic mass is 9.68. The summed E-state index contributed by atoms with van der Waals surface area (Å²) in [7, 11) is 0. The lowest BCUT2D eigenvalue weighted by Crippen LogP contribution is -2.46. The molecule has 0 radical (unpaired) electrons. The maximum absolute atomic E-state index is 5.61. The van der Waals surface area contributed by atoms with Gasteiger partial charge in [0.25, 0.3) is 0 Å². The third-order valence-electron chi connectivity index (χ3n) is 5.63. The average Bonchev–Trinajstić information content (AvgIpc) is 2.93. The van der Waals surface area contributed by atoms with Crippen molar-refractivity contribution in [3.8, 4) is 5.88 Å². The van der Waals surface area contributed by atoms with Crippen LogP contribution in [0.15, 0.2) is 12.3 Å². The summed E-state index contributed by atoms with van der Waals surface area (Å²) in [6, 6.07) is 2.26. The Balaban J connectivity index is 1.77. The number of nitrogens with one attached hydrogen (secondary N) is 1. The Morgan fingerprint density at radius 3 is 2.86 bits per heavy atom. The minimum Gasteiger partial charge on any atom is -0.478 e. The highest BCUT2D eigenvalue weighted by Gasteiger charge is 2.59. The van der Waals surface area contributed by atoms with E-state index in [2.05, 4.69) is 43.0 Å². The zero-order valence-electron chi connectivity index (χ0n) is 13.6. The fourth-order valence-corrected chi connectivity index (χ4v) is 4.49. The maximum Gasteiger partial charge on any atom is 0.226 e. The molecule has 3 unspecified atom stereocenters. The summed E-state index contributed by atoms with van der Waals surface area (Å²) in [5, 5.41) is 3.62. The van der Waals surface area contributed by atoms with Gasteiger partial charge in [0.1, 0.15) is 0 Å². The molecule has 2 saturated carbocycles. The summed E-state index contributed by atoms with van der Waals surface area (Å²) in [5.41, 5.74) is 0.675. The number of rotatable bonds is 5. The first-order chi connectivity index (χ1) is 9.95. The van der Waals surface area contributed by atoms with E-state index < -0.39 is 0 Å². The van der Waals surface area contributed by atoms with E-state index in [9.17, 15) is 0 Å². The quantitative estimate of drug-likeness (QED) is 0.893. The molecule has 1 heterocycles. The molecule has 0 spiro atoms. The highest BCUT2D eigenvalue weighted by molar-refractivity contribution is 5.33. The van der Waals surface area contributed by atoms with Crippen molar-refractivity contribution < 1.29 is 4.74 Å². The van der Waals surface area contributed by atoms with Crippen LogP contribution in [0.25, 0.3) is 0 Å². The van der Waals surface area contributed by atoms with Crippen LogP contribution in [0.5, 0.6) is 5.88 Å². The Bertz CT molecular complexity index is 512. The van der Waals surface area contributed by atoms with Gasteiger partial charge in [0, 0.05) is 18.3 Å². The number of hydrogen-bond acceptors (Lipinski definition) is 4. The Morgan fingerprint density at radius 2 is 2.19 bits per heavy atom. The number of aromatic nitrogens is 2. The minimum atomic E-state index is 0.302. The van der Waals surface area contributed by atoms with Crippen molar-refractivity contribution in [1.82, 2.24) is 9.97 Å². The van der Waals surface area contributed by atoms with Gasteiger partial charge < -0.3 is 10.1 Å². The molecule has 1 N–H and O–H groups in total. The van der Waals surface area contributed by atoms with Gasteiger partial charge in [-0.15, -0.1) is 0 Å². The van der Waals surface area contributed by atoms with E-state index in [4.69, 9.17) is 4.74 Å². The fraction of sp³-hybridized carbons (Fsp3) is 0.765. The van der Waals surface area contributed by atoms with Crippen molar-refractivity contribution in [3.63, 3.8) is 0 Å². The second-order valence-corrected chi connectivity index (χ2v) is 7.56. The van der Waals surface area contributed by atoms with Crippen LogP contribution in [-0.2, 0) is 0 Å². The van der Waals surface area contributed by atoms with Crippen LogP contribution in [0.1, 0.15) is 53.4 Å². The number of anilines is 1. The predicted octanol–water partition coefficient (Wildman–Crippen LogP) is 3.89. The van der Waals surface area contributed by atoms with Crippen LogP contribution in [0.4, 0.5) is 5.95 Å². The first-order valence-electron chi connectivity index (χ1n) is 8.18. The van der Waals surface area contributed by atoms with Crippen molar-refractivity contribution in [2.75, 3.05) is 11.9 Å². The monoisotopic (exact) mass is 289 g/mol. The lowest BCUT2D eigenvalue weighted by Gasteiger charge is -2.43. The number of ether oxygens (including phenoxy) is 1. The minimum absolute atomic E-state index is 0.302. The molecular formula is C17H27N3O. The average molecular weight is 289 g/mol. The van der Waals surface area contributed by atoms with Crippen LogP contribution >= 0.6 is 0 Å². The molecule has 0 aromatic carbocycles. The molecule has 3 atom stereocenters. The molecule has 4 heteroatoms. The number of fused-ring (bicyclic) bond motifs is 2.